The van der Waals surface area contributed by atoms with E-state index in [0.717, 1.165) is 12.1 Å². The first-order valence-corrected chi connectivity index (χ1v) is 6.37. The first kappa shape index (κ1) is 13.2. The van der Waals surface area contributed by atoms with Crippen LogP contribution in [0.3, 0.4) is 0 Å². The molecule has 5 heteroatoms. The molecule has 0 amide bonds. The molecule has 1 fully saturated rings. The van der Waals surface area contributed by atoms with Gasteiger partial charge in [0.25, 0.3) is 0 Å². The Bertz CT molecular complexity index is 470. The predicted molar refractivity (Wildman–Crippen MR) is 71.6 cm³/mol. The molecule has 3 N–H and O–H groups in total. The van der Waals surface area contributed by atoms with Gasteiger partial charge in [-0.1, -0.05) is 11.6 Å². The highest BCUT2D eigenvalue weighted by atomic mass is 35.5. The van der Waals surface area contributed by atoms with Gasteiger partial charge in [0.15, 0.2) is 0 Å². The summed E-state index contributed by atoms with van der Waals surface area (Å²) in [4.78, 5) is 0. The summed E-state index contributed by atoms with van der Waals surface area (Å²) in [6, 6.07) is 7.43. The first-order valence-electron chi connectivity index (χ1n) is 5.99. The van der Waals surface area contributed by atoms with Gasteiger partial charge in [-0.15, -0.1) is 0 Å². The molecule has 0 spiro atoms. The molecule has 96 valence electrons. The minimum atomic E-state index is 0.0539. The SMILES string of the molecule is CCOC1CC(N)C1Nc1ccc(Cl)cc1C#N. The Morgan fingerprint density at radius 3 is 3.00 bits per heavy atom. The second kappa shape index (κ2) is 5.57. The van der Waals surface area contributed by atoms with Gasteiger partial charge < -0.3 is 15.8 Å². The van der Waals surface area contributed by atoms with Crippen LogP contribution in [0.1, 0.15) is 18.9 Å². The third kappa shape index (κ3) is 2.59. The highest BCUT2D eigenvalue weighted by Gasteiger charge is 2.39. The van der Waals surface area contributed by atoms with E-state index in [4.69, 9.17) is 27.3 Å². The van der Waals surface area contributed by atoms with E-state index < -0.39 is 0 Å². The molecule has 0 saturated heterocycles. The highest BCUT2D eigenvalue weighted by molar-refractivity contribution is 6.30. The highest BCUT2D eigenvalue weighted by Crippen LogP contribution is 2.28. The molecule has 0 aliphatic heterocycles. The molecule has 0 aromatic heterocycles. The molecule has 4 nitrogen and oxygen atoms in total. The van der Waals surface area contributed by atoms with Gasteiger partial charge in [-0.2, -0.15) is 5.26 Å². The maximum Gasteiger partial charge on any atom is 0.101 e. The summed E-state index contributed by atoms with van der Waals surface area (Å²) in [6.07, 6.45) is 0.966. The molecule has 1 aliphatic rings. The van der Waals surface area contributed by atoms with Gasteiger partial charge in [-0.05, 0) is 31.5 Å². The Morgan fingerprint density at radius 2 is 2.39 bits per heavy atom. The van der Waals surface area contributed by atoms with E-state index in [9.17, 15) is 0 Å². The number of nitrogens with two attached hydrogens (primary N) is 1. The van der Waals surface area contributed by atoms with Crippen molar-refractivity contribution in [2.45, 2.75) is 31.5 Å². The quantitative estimate of drug-likeness (QED) is 0.875. The number of anilines is 1. The molecule has 1 saturated carbocycles. The molecule has 18 heavy (non-hydrogen) atoms. The fraction of sp³-hybridized carbons (Fsp3) is 0.462. The van der Waals surface area contributed by atoms with Crippen molar-refractivity contribution >= 4 is 17.3 Å². The van der Waals surface area contributed by atoms with Crippen LogP contribution in [0.4, 0.5) is 5.69 Å². The number of rotatable bonds is 4. The van der Waals surface area contributed by atoms with Crippen molar-refractivity contribution < 1.29 is 4.74 Å². The van der Waals surface area contributed by atoms with Crippen LogP contribution in [0.15, 0.2) is 18.2 Å². The molecular weight excluding hydrogens is 250 g/mol. The van der Waals surface area contributed by atoms with E-state index in [2.05, 4.69) is 11.4 Å². The third-order valence-corrected chi connectivity index (χ3v) is 3.41. The number of hydrogen-bond donors (Lipinski definition) is 2. The maximum absolute atomic E-state index is 9.07. The van der Waals surface area contributed by atoms with Gasteiger partial charge in [0.2, 0.25) is 0 Å². The van der Waals surface area contributed by atoms with Crippen LogP contribution in [0, 0.1) is 11.3 Å². The van der Waals surface area contributed by atoms with E-state index in [1.54, 1.807) is 18.2 Å². The summed E-state index contributed by atoms with van der Waals surface area (Å²) in [5.41, 5.74) is 7.24. The molecule has 1 aromatic carbocycles. The fourth-order valence-corrected chi connectivity index (χ4v) is 2.31. The zero-order chi connectivity index (χ0) is 13.1. The number of nitrogens with one attached hydrogen (secondary N) is 1. The van der Waals surface area contributed by atoms with Crippen molar-refractivity contribution in [3.8, 4) is 6.07 Å². The van der Waals surface area contributed by atoms with Crippen LogP contribution >= 0.6 is 11.6 Å². The summed E-state index contributed by atoms with van der Waals surface area (Å²) in [5, 5.41) is 12.9. The predicted octanol–water partition coefficient (Wildman–Crippen LogP) is 2.13. The van der Waals surface area contributed by atoms with Crippen molar-refractivity contribution in [2.24, 2.45) is 5.73 Å². The number of halogens is 1. The van der Waals surface area contributed by atoms with E-state index in [1.807, 2.05) is 6.92 Å². The lowest BCUT2D eigenvalue weighted by Gasteiger charge is -2.43. The molecule has 0 heterocycles. The Morgan fingerprint density at radius 1 is 1.61 bits per heavy atom. The molecule has 1 aromatic rings. The second-order valence-corrected chi connectivity index (χ2v) is 4.80. The lowest BCUT2D eigenvalue weighted by molar-refractivity contribution is -0.0126. The lowest BCUT2D eigenvalue weighted by atomic mass is 9.83. The molecule has 0 radical (unpaired) electrons. The van der Waals surface area contributed by atoms with E-state index >= 15 is 0 Å². The Balaban J connectivity index is 2.11. The standard InChI is InChI=1S/C13H16ClN3O/c1-2-18-12-6-10(16)13(12)17-11-4-3-9(14)5-8(11)7-15/h3-5,10,12-13,17H,2,6,16H2,1H3. The minimum absolute atomic E-state index is 0.0539. The second-order valence-electron chi connectivity index (χ2n) is 4.37. The summed E-state index contributed by atoms with van der Waals surface area (Å²) in [6.45, 7) is 2.63. The number of nitriles is 1. The Labute approximate surface area is 112 Å². The average Bonchev–Trinajstić information content (AvgIpc) is 2.36. The average molecular weight is 266 g/mol. The number of benzene rings is 1. The topological polar surface area (TPSA) is 71.1 Å². The van der Waals surface area contributed by atoms with Crippen molar-refractivity contribution in [1.82, 2.24) is 0 Å². The number of hydrogen-bond acceptors (Lipinski definition) is 4. The maximum atomic E-state index is 9.07. The first-order chi connectivity index (χ1) is 8.65. The molecule has 2 rings (SSSR count). The van der Waals surface area contributed by atoms with E-state index in [1.165, 1.54) is 0 Å². The van der Waals surface area contributed by atoms with E-state index in [0.29, 0.717) is 17.2 Å². The van der Waals surface area contributed by atoms with Gasteiger partial charge in [0.05, 0.1) is 23.4 Å². The Kier molecular flexibility index (Phi) is 4.07. The third-order valence-electron chi connectivity index (χ3n) is 3.17. The van der Waals surface area contributed by atoms with Crippen LogP contribution in [0.2, 0.25) is 5.02 Å². The van der Waals surface area contributed by atoms with Gasteiger partial charge in [0.1, 0.15) is 6.07 Å². The van der Waals surface area contributed by atoms with Gasteiger partial charge in [-0.3, -0.25) is 0 Å². The summed E-state index contributed by atoms with van der Waals surface area (Å²) >= 11 is 5.86. The van der Waals surface area contributed by atoms with Crippen molar-refractivity contribution in [2.75, 3.05) is 11.9 Å². The van der Waals surface area contributed by atoms with Crippen molar-refractivity contribution in [3.63, 3.8) is 0 Å². The van der Waals surface area contributed by atoms with Gasteiger partial charge in [-0.25, -0.2) is 0 Å². The number of nitrogens with zero attached hydrogens (tertiary/aromatic N) is 1. The normalized spacial score (nSPS) is 26.2. The largest absolute Gasteiger partial charge is 0.377 e. The molecule has 0 bridgehead atoms. The van der Waals surface area contributed by atoms with Gasteiger partial charge >= 0.3 is 0 Å². The van der Waals surface area contributed by atoms with Crippen LogP contribution in [-0.2, 0) is 4.74 Å². The number of ether oxygens (including phenoxy) is 1. The van der Waals surface area contributed by atoms with Crippen molar-refractivity contribution in [3.05, 3.63) is 28.8 Å². The smallest absolute Gasteiger partial charge is 0.101 e. The van der Waals surface area contributed by atoms with E-state index in [-0.39, 0.29) is 18.2 Å². The summed E-state index contributed by atoms with van der Waals surface area (Å²) in [5.74, 6) is 0. The monoisotopic (exact) mass is 265 g/mol. The Hall–Kier alpha value is -1.28. The van der Waals surface area contributed by atoms with Crippen LogP contribution < -0.4 is 11.1 Å². The lowest BCUT2D eigenvalue weighted by Crippen LogP contribution is -2.60. The fourth-order valence-electron chi connectivity index (χ4n) is 2.14. The van der Waals surface area contributed by atoms with Crippen LogP contribution in [0.5, 0.6) is 0 Å². The van der Waals surface area contributed by atoms with Gasteiger partial charge in [0, 0.05) is 17.7 Å². The van der Waals surface area contributed by atoms with Crippen molar-refractivity contribution in [1.29, 1.82) is 5.26 Å². The molecule has 1 aliphatic carbocycles. The summed E-state index contributed by atoms with van der Waals surface area (Å²) < 4.78 is 5.58. The minimum Gasteiger partial charge on any atom is -0.377 e. The summed E-state index contributed by atoms with van der Waals surface area (Å²) in [7, 11) is 0. The molecule has 3 unspecified atom stereocenters. The van der Waals surface area contributed by atoms with Crippen LogP contribution in [-0.4, -0.2) is 24.8 Å². The molecular formula is C13H16ClN3O. The zero-order valence-corrected chi connectivity index (χ0v) is 10.9. The zero-order valence-electron chi connectivity index (χ0n) is 10.2. The van der Waals surface area contributed by atoms with Crippen LogP contribution in [0.25, 0.3) is 0 Å². The molecule has 3 atom stereocenters.